The van der Waals surface area contributed by atoms with E-state index in [1.54, 1.807) is 18.2 Å². The maximum absolute atomic E-state index is 11.9. The van der Waals surface area contributed by atoms with Crippen molar-refractivity contribution in [1.82, 2.24) is 15.0 Å². The molecule has 1 heterocycles. The minimum atomic E-state index is -0.214. The molecule has 0 saturated carbocycles. The SMILES string of the molecule is Cn1c(SCC(=O)N/N=C/c2ccc(Cl)c(Cl)c2)nc2ccccc21. The highest BCUT2D eigenvalue weighted by atomic mass is 35.5. The number of aryl methyl sites for hydroxylation is 1. The van der Waals surface area contributed by atoms with Crippen LogP contribution in [0, 0.1) is 0 Å². The predicted molar refractivity (Wildman–Crippen MR) is 104 cm³/mol. The summed E-state index contributed by atoms with van der Waals surface area (Å²) in [7, 11) is 1.93. The summed E-state index contributed by atoms with van der Waals surface area (Å²) in [6.07, 6.45) is 1.51. The molecule has 0 aliphatic carbocycles. The van der Waals surface area contributed by atoms with Gasteiger partial charge in [0.25, 0.3) is 5.91 Å². The molecule has 3 aromatic rings. The van der Waals surface area contributed by atoms with Crippen molar-refractivity contribution in [1.29, 1.82) is 0 Å². The number of halogens is 2. The lowest BCUT2D eigenvalue weighted by molar-refractivity contribution is -0.118. The quantitative estimate of drug-likeness (QED) is 0.403. The summed E-state index contributed by atoms with van der Waals surface area (Å²) in [4.78, 5) is 16.4. The number of hydrogen-bond donors (Lipinski definition) is 1. The highest BCUT2D eigenvalue weighted by molar-refractivity contribution is 7.99. The zero-order valence-corrected chi connectivity index (χ0v) is 15.6. The first-order valence-electron chi connectivity index (χ1n) is 7.36. The second-order valence-corrected chi connectivity index (χ2v) is 6.95. The summed E-state index contributed by atoms with van der Waals surface area (Å²) < 4.78 is 1.96. The first kappa shape index (κ1) is 17.8. The molecule has 0 radical (unpaired) electrons. The molecule has 1 aromatic heterocycles. The number of nitrogens with one attached hydrogen (secondary N) is 1. The van der Waals surface area contributed by atoms with Crippen LogP contribution in [0.3, 0.4) is 0 Å². The number of rotatable bonds is 5. The number of imidazole rings is 1. The zero-order chi connectivity index (χ0) is 17.8. The first-order chi connectivity index (χ1) is 12.0. The van der Waals surface area contributed by atoms with Crippen LogP contribution in [0.15, 0.2) is 52.7 Å². The van der Waals surface area contributed by atoms with E-state index < -0.39 is 0 Å². The number of fused-ring (bicyclic) bond motifs is 1. The fraction of sp³-hybridized carbons (Fsp3) is 0.118. The number of hydrazone groups is 1. The molecule has 3 rings (SSSR count). The third kappa shape index (κ3) is 4.34. The second-order valence-electron chi connectivity index (χ2n) is 5.20. The van der Waals surface area contributed by atoms with Crippen LogP contribution >= 0.6 is 35.0 Å². The van der Waals surface area contributed by atoms with Gasteiger partial charge < -0.3 is 4.57 Å². The minimum absolute atomic E-state index is 0.214. The van der Waals surface area contributed by atoms with Gasteiger partial charge >= 0.3 is 0 Å². The van der Waals surface area contributed by atoms with Gasteiger partial charge in [0.05, 0.1) is 33.0 Å². The van der Waals surface area contributed by atoms with Crippen LogP contribution in [0.2, 0.25) is 10.0 Å². The Kier molecular flexibility index (Phi) is 5.63. The Morgan fingerprint density at radius 2 is 2.08 bits per heavy atom. The third-order valence-electron chi connectivity index (χ3n) is 3.43. The predicted octanol–water partition coefficient (Wildman–Crippen LogP) is 4.12. The average molecular weight is 393 g/mol. The molecular formula is C17H14Cl2N4OS. The molecule has 128 valence electrons. The molecule has 1 N–H and O–H groups in total. The normalized spacial score (nSPS) is 11.3. The number of carbonyl (C=O) groups excluding carboxylic acids is 1. The highest BCUT2D eigenvalue weighted by Gasteiger charge is 2.09. The van der Waals surface area contributed by atoms with Crippen LogP contribution in [-0.4, -0.2) is 27.4 Å². The third-order valence-corrected chi connectivity index (χ3v) is 5.19. The Balaban J connectivity index is 1.56. The molecule has 0 saturated heterocycles. The minimum Gasteiger partial charge on any atom is -0.322 e. The standard InChI is InChI=1S/C17H14Cl2N4OS/c1-23-15-5-3-2-4-14(15)21-17(23)25-10-16(24)22-20-9-11-6-7-12(18)13(19)8-11/h2-9H,10H2,1H3,(H,22,24)/b20-9+. The van der Waals surface area contributed by atoms with Gasteiger partial charge in [-0.1, -0.05) is 53.2 Å². The largest absolute Gasteiger partial charge is 0.322 e. The highest BCUT2D eigenvalue weighted by Crippen LogP contribution is 2.23. The van der Waals surface area contributed by atoms with Gasteiger partial charge in [-0.15, -0.1) is 0 Å². The van der Waals surface area contributed by atoms with E-state index in [2.05, 4.69) is 15.5 Å². The Hall–Kier alpha value is -2.02. The molecule has 0 aliphatic rings. The monoisotopic (exact) mass is 392 g/mol. The van der Waals surface area contributed by atoms with Gasteiger partial charge in [-0.05, 0) is 29.8 Å². The van der Waals surface area contributed by atoms with Crippen molar-refractivity contribution in [2.45, 2.75) is 5.16 Å². The number of hydrogen-bond acceptors (Lipinski definition) is 4. The van der Waals surface area contributed by atoms with E-state index in [1.165, 1.54) is 18.0 Å². The lowest BCUT2D eigenvalue weighted by Gasteiger charge is -2.02. The van der Waals surface area contributed by atoms with Gasteiger partial charge in [0.15, 0.2) is 5.16 Å². The van der Waals surface area contributed by atoms with Gasteiger partial charge in [0.1, 0.15) is 0 Å². The molecule has 0 atom stereocenters. The molecule has 0 bridgehead atoms. The number of carbonyl (C=O) groups is 1. The lowest BCUT2D eigenvalue weighted by Crippen LogP contribution is -2.19. The smallest absolute Gasteiger partial charge is 0.250 e. The molecule has 25 heavy (non-hydrogen) atoms. The molecule has 0 unspecified atom stereocenters. The molecule has 0 aliphatic heterocycles. The van der Waals surface area contributed by atoms with Gasteiger partial charge in [0.2, 0.25) is 0 Å². The molecule has 5 nitrogen and oxygen atoms in total. The number of aromatic nitrogens is 2. The second kappa shape index (κ2) is 7.91. The van der Waals surface area contributed by atoms with Crippen LogP contribution in [0.5, 0.6) is 0 Å². The molecular weight excluding hydrogens is 379 g/mol. The molecule has 0 fully saturated rings. The van der Waals surface area contributed by atoms with E-state index >= 15 is 0 Å². The van der Waals surface area contributed by atoms with Crippen molar-refractivity contribution in [3.8, 4) is 0 Å². The van der Waals surface area contributed by atoms with Gasteiger partial charge in [0, 0.05) is 7.05 Å². The fourth-order valence-electron chi connectivity index (χ4n) is 2.19. The number of benzene rings is 2. The van der Waals surface area contributed by atoms with Crippen molar-refractivity contribution >= 4 is 58.1 Å². The molecule has 8 heteroatoms. The van der Waals surface area contributed by atoms with E-state index in [1.807, 2.05) is 35.9 Å². The Labute approximate surface area is 159 Å². The lowest BCUT2D eigenvalue weighted by atomic mass is 10.2. The van der Waals surface area contributed by atoms with Crippen molar-refractivity contribution in [2.75, 3.05) is 5.75 Å². The van der Waals surface area contributed by atoms with Crippen molar-refractivity contribution < 1.29 is 4.79 Å². The summed E-state index contributed by atoms with van der Waals surface area (Å²) in [5.74, 6) is 0.00366. The Morgan fingerprint density at radius 1 is 1.28 bits per heavy atom. The molecule has 0 spiro atoms. The van der Waals surface area contributed by atoms with E-state index in [0.29, 0.717) is 10.0 Å². The summed E-state index contributed by atoms with van der Waals surface area (Å²) in [6.45, 7) is 0. The van der Waals surface area contributed by atoms with Crippen LogP contribution in [-0.2, 0) is 11.8 Å². The van der Waals surface area contributed by atoms with Crippen molar-refractivity contribution in [3.05, 3.63) is 58.1 Å². The van der Waals surface area contributed by atoms with Crippen molar-refractivity contribution in [3.63, 3.8) is 0 Å². The van der Waals surface area contributed by atoms with E-state index in [4.69, 9.17) is 23.2 Å². The van der Waals surface area contributed by atoms with Crippen molar-refractivity contribution in [2.24, 2.45) is 12.1 Å². The maximum Gasteiger partial charge on any atom is 0.250 e. The number of thioether (sulfide) groups is 1. The molecule has 1 amide bonds. The summed E-state index contributed by atoms with van der Waals surface area (Å²) >= 11 is 13.1. The Morgan fingerprint density at radius 3 is 2.84 bits per heavy atom. The topological polar surface area (TPSA) is 59.3 Å². The summed E-state index contributed by atoms with van der Waals surface area (Å²) in [5, 5.41) is 5.62. The van der Waals surface area contributed by atoms with Gasteiger partial charge in [-0.2, -0.15) is 5.10 Å². The summed E-state index contributed by atoms with van der Waals surface area (Å²) in [6, 6.07) is 13.0. The van der Waals surface area contributed by atoms with Crippen LogP contribution in [0.1, 0.15) is 5.56 Å². The zero-order valence-electron chi connectivity index (χ0n) is 13.2. The Bertz CT molecular complexity index is 955. The molecule has 2 aromatic carbocycles. The average Bonchev–Trinajstić information content (AvgIpc) is 2.93. The number of amides is 1. The van der Waals surface area contributed by atoms with Crippen LogP contribution in [0.4, 0.5) is 0 Å². The fourth-order valence-corrected chi connectivity index (χ4v) is 3.27. The van der Waals surface area contributed by atoms with E-state index in [-0.39, 0.29) is 11.7 Å². The number of para-hydroxylation sites is 2. The van der Waals surface area contributed by atoms with E-state index in [0.717, 1.165) is 21.8 Å². The van der Waals surface area contributed by atoms with Gasteiger partial charge in [-0.25, -0.2) is 10.4 Å². The van der Waals surface area contributed by atoms with Gasteiger partial charge in [-0.3, -0.25) is 4.79 Å². The van der Waals surface area contributed by atoms with Crippen LogP contribution < -0.4 is 5.43 Å². The number of nitrogens with zero attached hydrogens (tertiary/aromatic N) is 3. The first-order valence-corrected chi connectivity index (χ1v) is 9.10. The van der Waals surface area contributed by atoms with Crippen LogP contribution in [0.25, 0.3) is 11.0 Å². The summed E-state index contributed by atoms with van der Waals surface area (Å²) in [5.41, 5.74) is 5.17. The van der Waals surface area contributed by atoms with E-state index in [9.17, 15) is 4.79 Å². The maximum atomic E-state index is 11.9.